The average Bonchev–Trinajstić information content (AvgIpc) is 3.21. The summed E-state index contributed by atoms with van der Waals surface area (Å²) in [6, 6.07) is 12.4. The summed E-state index contributed by atoms with van der Waals surface area (Å²) >= 11 is 1.44. The number of sulfonamides is 1. The van der Waals surface area contributed by atoms with Crippen molar-refractivity contribution >= 4 is 43.0 Å². The first-order valence-corrected chi connectivity index (χ1v) is 13.1. The molecule has 0 radical (unpaired) electrons. The van der Waals surface area contributed by atoms with Crippen LogP contribution in [-0.4, -0.2) is 39.4 Å². The molecule has 1 fully saturated rings. The topological polar surface area (TPSA) is 75.7 Å². The molecular weight excluding hydrogens is 444 g/mol. The Morgan fingerprint density at radius 2 is 1.81 bits per heavy atom. The Bertz CT molecular complexity index is 1240. The number of piperidine rings is 1. The second kappa shape index (κ2) is 9.11. The number of hydrogen-bond acceptors (Lipinski definition) is 5. The third-order valence-electron chi connectivity index (χ3n) is 5.77. The van der Waals surface area contributed by atoms with E-state index < -0.39 is 10.0 Å². The monoisotopic (exact) mass is 472 g/mol. The molecule has 3 aromatic rings. The number of amides is 1. The molecule has 1 aliphatic rings. The molecule has 2 heterocycles. The molecule has 1 saturated heterocycles. The Morgan fingerprint density at radius 3 is 2.50 bits per heavy atom. The molecule has 0 unspecified atom stereocenters. The summed E-state index contributed by atoms with van der Waals surface area (Å²) in [5.74, 6) is 0.545. The lowest BCUT2D eigenvalue weighted by molar-refractivity contribution is 0.0729. The lowest BCUT2D eigenvalue weighted by Crippen LogP contribution is -2.35. The van der Waals surface area contributed by atoms with E-state index in [-0.39, 0.29) is 16.7 Å². The molecule has 4 rings (SSSR count). The number of methoxy groups -OCH3 is 1. The van der Waals surface area contributed by atoms with Crippen molar-refractivity contribution in [1.82, 2.24) is 4.90 Å². The Balaban J connectivity index is 1.61. The third-order valence-corrected chi connectivity index (χ3v) is 8.27. The molecule has 1 amide bonds. The van der Waals surface area contributed by atoms with Crippen molar-refractivity contribution < 1.29 is 17.9 Å². The number of carbonyl (C=O) groups excluding carboxylic acids is 1. The molecule has 8 heteroatoms. The Kier molecular flexibility index (Phi) is 6.44. The predicted molar refractivity (Wildman–Crippen MR) is 129 cm³/mol. The van der Waals surface area contributed by atoms with Gasteiger partial charge in [0.25, 0.3) is 15.9 Å². The van der Waals surface area contributed by atoms with E-state index in [1.807, 2.05) is 36.9 Å². The van der Waals surface area contributed by atoms with Gasteiger partial charge in [-0.1, -0.05) is 19.9 Å². The molecule has 0 saturated carbocycles. The van der Waals surface area contributed by atoms with Gasteiger partial charge < -0.3 is 9.64 Å². The van der Waals surface area contributed by atoms with Gasteiger partial charge in [0.1, 0.15) is 10.6 Å². The van der Waals surface area contributed by atoms with E-state index in [1.165, 1.54) is 24.9 Å². The van der Waals surface area contributed by atoms with E-state index >= 15 is 0 Å². The van der Waals surface area contributed by atoms with Crippen LogP contribution in [0.15, 0.2) is 47.4 Å². The molecule has 1 aliphatic heterocycles. The van der Waals surface area contributed by atoms with Gasteiger partial charge in [-0.25, -0.2) is 8.42 Å². The summed E-state index contributed by atoms with van der Waals surface area (Å²) < 4.78 is 35.3. The van der Waals surface area contributed by atoms with Crippen LogP contribution in [0.4, 0.5) is 5.69 Å². The van der Waals surface area contributed by atoms with Crippen LogP contribution >= 0.6 is 11.3 Å². The van der Waals surface area contributed by atoms with Crippen LogP contribution in [0.5, 0.6) is 5.75 Å². The quantitative estimate of drug-likeness (QED) is 0.517. The van der Waals surface area contributed by atoms with Crippen molar-refractivity contribution in [2.45, 2.75) is 43.9 Å². The van der Waals surface area contributed by atoms with E-state index in [1.54, 1.807) is 24.3 Å². The highest BCUT2D eigenvalue weighted by Crippen LogP contribution is 2.32. The van der Waals surface area contributed by atoms with Crippen molar-refractivity contribution in [3.63, 3.8) is 0 Å². The van der Waals surface area contributed by atoms with Crippen molar-refractivity contribution in [3.8, 4) is 5.75 Å². The zero-order chi connectivity index (χ0) is 22.9. The van der Waals surface area contributed by atoms with E-state index in [9.17, 15) is 13.2 Å². The summed E-state index contributed by atoms with van der Waals surface area (Å²) in [5, 5.41) is 0.846. The highest BCUT2D eigenvalue weighted by atomic mass is 32.2. The van der Waals surface area contributed by atoms with Crippen LogP contribution in [-0.2, 0) is 10.0 Å². The molecule has 1 aromatic heterocycles. The van der Waals surface area contributed by atoms with Crippen molar-refractivity contribution in [2.75, 3.05) is 24.9 Å². The summed E-state index contributed by atoms with van der Waals surface area (Å²) in [6.07, 6.45) is 3.26. The van der Waals surface area contributed by atoms with Crippen molar-refractivity contribution in [2.24, 2.45) is 0 Å². The zero-order valence-electron chi connectivity index (χ0n) is 18.6. The van der Waals surface area contributed by atoms with Gasteiger partial charge in [-0.05, 0) is 72.5 Å². The van der Waals surface area contributed by atoms with Gasteiger partial charge in [-0.15, -0.1) is 11.3 Å². The van der Waals surface area contributed by atoms with Crippen LogP contribution in [0.1, 0.15) is 54.3 Å². The van der Waals surface area contributed by atoms with Gasteiger partial charge in [0.2, 0.25) is 0 Å². The maximum Gasteiger partial charge on any atom is 0.265 e. The van der Waals surface area contributed by atoms with Gasteiger partial charge >= 0.3 is 0 Å². The van der Waals surface area contributed by atoms with Crippen LogP contribution in [0.25, 0.3) is 10.1 Å². The Morgan fingerprint density at radius 1 is 1.06 bits per heavy atom. The number of nitrogens with zero attached hydrogens (tertiary/aromatic N) is 1. The van der Waals surface area contributed by atoms with Crippen LogP contribution in [0.3, 0.4) is 0 Å². The first kappa shape index (κ1) is 22.6. The smallest absolute Gasteiger partial charge is 0.265 e. The third kappa shape index (κ3) is 4.61. The van der Waals surface area contributed by atoms with Crippen LogP contribution in [0, 0.1) is 0 Å². The van der Waals surface area contributed by atoms with Crippen LogP contribution < -0.4 is 9.46 Å². The zero-order valence-corrected chi connectivity index (χ0v) is 20.2. The first-order chi connectivity index (χ1) is 15.3. The van der Waals surface area contributed by atoms with E-state index in [2.05, 4.69) is 4.72 Å². The molecule has 0 atom stereocenters. The fourth-order valence-corrected chi connectivity index (χ4v) is 6.20. The molecule has 170 valence electrons. The fourth-order valence-electron chi connectivity index (χ4n) is 3.94. The number of hydrogen-bond donors (Lipinski definition) is 1. The number of thiophene rings is 1. The minimum atomic E-state index is -3.85. The number of fused-ring (bicyclic) bond motifs is 1. The lowest BCUT2D eigenvalue weighted by Gasteiger charge is -2.26. The van der Waals surface area contributed by atoms with Crippen molar-refractivity contribution in [1.29, 1.82) is 0 Å². The van der Waals surface area contributed by atoms with E-state index in [0.717, 1.165) is 41.6 Å². The predicted octanol–water partition coefficient (Wildman–Crippen LogP) is 5.46. The van der Waals surface area contributed by atoms with Gasteiger partial charge in [-0.3, -0.25) is 9.52 Å². The normalized spacial score (nSPS) is 14.7. The first-order valence-electron chi connectivity index (χ1n) is 10.8. The second-order valence-corrected chi connectivity index (χ2v) is 11.1. The largest absolute Gasteiger partial charge is 0.495 e. The Labute approximate surface area is 193 Å². The highest BCUT2D eigenvalue weighted by Gasteiger charge is 2.23. The highest BCUT2D eigenvalue weighted by molar-refractivity contribution is 7.92. The molecule has 32 heavy (non-hydrogen) atoms. The number of rotatable bonds is 6. The second-order valence-electron chi connectivity index (χ2n) is 8.39. The number of benzene rings is 2. The summed E-state index contributed by atoms with van der Waals surface area (Å²) in [5.41, 5.74) is 1.37. The number of nitrogens with one attached hydrogen (secondary N) is 1. The molecule has 2 aromatic carbocycles. The van der Waals surface area contributed by atoms with Gasteiger partial charge in [0.05, 0.1) is 12.0 Å². The summed E-state index contributed by atoms with van der Waals surface area (Å²) in [4.78, 5) is 15.5. The molecule has 0 spiro atoms. The van der Waals surface area contributed by atoms with E-state index in [0.29, 0.717) is 16.3 Å². The summed E-state index contributed by atoms with van der Waals surface area (Å²) in [6.45, 7) is 5.63. The number of anilines is 1. The number of likely N-dealkylation sites (tertiary alicyclic amines) is 1. The minimum absolute atomic E-state index is 0.0586. The maximum atomic E-state index is 13.2. The van der Waals surface area contributed by atoms with Gasteiger partial charge in [0, 0.05) is 23.5 Å². The van der Waals surface area contributed by atoms with Gasteiger partial charge in [0.15, 0.2) is 0 Å². The van der Waals surface area contributed by atoms with Crippen LogP contribution in [0.2, 0.25) is 0 Å². The molecule has 1 N–H and O–H groups in total. The summed E-state index contributed by atoms with van der Waals surface area (Å²) in [7, 11) is -2.39. The SMILES string of the molecule is COc1ccc(C(C)C)cc1S(=O)(=O)Nc1ccc2sc(C(=O)N3CCCCC3)cc2c1. The lowest BCUT2D eigenvalue weighted by atomic mass is 10.0. The van der Waals surface area contributed by atoms with Crippen molar-refractivity contribution in [3.05, 3.63) is 52.9 Å². The minimum Gasteiger partial charge on any atom is -0.495 e. The van der Waals surface area contributed by atoms with Gasteiger partial charge in [-0.2, -0.15) is 0 Å². The fraction of sp³-hybridized carbons (Fsp3) is 0.375. The number of carbonyl (C=O) groups is 1. The molecule has 0 bridgehead atoms. The maximum absolute atomic E-state index is 13.2. The average molecular weight is 473 g/mol. The van der Waals surface area contributed by atoms with E-state index in [4.69, 9.17) is 4.74 Å². The standard InChI is InChI=1S/C24H28N2O4S2/c1-16(2)17-7-9-20(30-3)23(15-17)32(28,29)25-19-8-10-21-18(13-19)14-22(31-21)24(27)26-11-5-4-6-12-26/h7-10,13-16,25H,4-6,11-12H2,1-3H3. The Hall–Kier alpha value is -2.58. The molecule has 6 nitrogen and oxygen atoms in total. The molecule has 0 aliphatic carbocycles. The number of ether oxygens (including phenoxy) is 1. The molecular formula is C24H28N2O4S2.